The number of halogens is 3. The quantitative estimate of drug-likeness (QED) is 0.145. The molecule has 0 fully saturated rings. The van der Waals surface area contributed by atoms with Crippen molar-refractivity contribution in [1.82, 2.24) is 0 Å². The maximum atomic E-state index is 11.5. The molecular weight excluding hydrogens is 467 g/mol. The summed E-state index contributed by atoms with van der Waals surface area (Å²) in [6.45, 7) is 0.0862. The van der Waals surface area contributed by atoms with E-state index in [0.717, 1.165) is 5.56 Å². The molecule has 0 aliphatic heterocycles. The molecule has 0 spiro atoms. The van der Waals surface area contributed by atoms with Crippen molar-refractivity contribution in [2.24, 2.45) is 5.16 Å². The SMILES string of the molecule is O=[N+]([O-])c1cc(C=NOCc2c(Cl)cccc2Cl)ccc1SCc1ccccc1Cl. The molecule has 0 aromatic heterocycles. The van der Waals surface area contributed by atoms with Gasteiger partial charge in [0, 0.05) is 38.0 Å². The van der Waals surface area contributed by atoms with Crippen molar-refractivity contribution in [3.05, 3.63) is 103 Å². The highest BCUT2D eigenvalue weighted by Gasteiger charge is 2.15. The van der Waals surface area contributed by atoms with E-state index >= 15 is 0 Å². The van der Waals surface area contributed by atoms with E-state index in [1.54, 1.807) is 36.4 Å². The first-order valence-corrected chi connectivity index (χ1v) is 10.8. The van der Waals surface area contributed by atoms with Crippen molar-refractivity contribution in [3.8, 4) is 0 Å². The number of benzene rings is 3. The van der Waals surface area contributed by atoms with Crippen LogP contribution in [0.4, 0.5) is 5.69 Å². The van der Waals surface area contributed by atoms with E-state index in [4.69, 9.17) is 39.6 Å². The molecule has 0 radical (unpaired) electrons. The minimum absolute atomic E-state index is 0.00912. The minimum atomic E-state index is -0.420. The molecule has 0 saturated carbocycles. The summed E-state index contributed by atoms with van der Waals surface area (Å²) in [6.07, 6.45) is 1.40. The zero-order valence-electron chi connectivity index (χ0n) is 15.4. The molecule has 0 aliphatic carbocycles. The number of hydrogen-bond acceptors (Lipinski definition) is 5. The van der Waals surface area contributed by atoms with E-state index in [1.165, 1.54) is 24.0 Å². The Morgan fingerprint density at radius 1 is 1.00 bits per heavy atom. The van der Waals surface area contributed by atoms with Gasteiger partial charge in [0.05, 0.1) is 16.0 Å². The van der Waals surface area contributed by atoms with Gasteiger partial charge >= 0.3 is 0 Å². The molecule has 5 nitrogen and oxygen atoms in total. The van der Waals surface area contributed by atoms with Crippen LogP contribution < -0.4 is 0 Å². The summed E-state index contributed by atoms with van der Waals surface area (Å²) in [5, 5.41) is 17.0. The highest BCUT2D eigenvalue weighted by Crippen LogP contribution is 2.33. The van der Waals surface area contributed by atoms with Gasteiger partial charge in [-0.1, -0.05) is 70.3 Å². The Balaban J connectivity index is 1.68. The first-order valence-electron chi connectivity index (χ1n) is 8.68. The predicted octanol–water partition coefficient (Wildman–Crippen LogP) is 7.40. The van der Waals surface area contributed by atoms with Crippen molar-refractivity contribution in [2.75, 3.05) is 0 Å². The van der Waals surface area contributed by atoms with Crippen LogP contribution in [0.1, 0.15) is 16.7 Å². The predicted molar refractivity (Wildman–Crippen MR) is 123 cm³/mol. The summed E-state index contributed by atoms with van der Waals surface area (Å²) >= 11 is 19.7. The molecule has 0 aliphatic rings. The summed E-state index contributed by atoms with van der Waals surface area (Å²) in [5.41, 5.74) is 2.06. The third-order valence-corrected chi connectivity index (χ3v) is 6.26. The molecule has 0 amide bonds. The fraction of sp³-hybridized carbons (Fsp3) is 0.0952. The zero-order valence-corrected chi connectivity index (χ0v) is 18.5. The van der Waals surface area contributed by atoms with Gasteiger partial charge in [0.1, 0.15) is 6.61 Å². The summed E-state index contributed by atoms with van der Waals surface area (Å²) in [7, 11) is 0. The molecule has 3 rings (SSSR count). The summed E-state index contributed by atoms with van der Waals surface area (Å²) in [6, 6.07) is 17.4. The van der Waals surface area contributed by atoms with E-state index in [1.807, 2.05) is 18.2 Å². The van der Waals surface area contributed by atoms with Crippen molar-refractivity contribution >= 4 is 58.5 Å². The van der Waals surface area contributed by atoms with Gasteiger partial charge in [-0.05, 0) is 29.8 Å². The lowest BCUT2D eigenvalue weighted by atomic mass is 10.2. The first kappa shape index (κ1) is 22.4. The Morgan fingerprint density at radius 3 is 2.40 bits per heavy atom. The molecule has 154 valence electrons. The maximum Gasteiger partial charge on any atom is 0.283 e. The molecule has 9 heteroatoms. The molecule has 30 heavy (non-hydrogen) atoms. The smallest absolute Gasteiger partial charge is 0.283 e. The monoisotopic (exact) mass is 480 g/mol. The summed E-state index contributed by atoms with van der Waals surface area (Å²) in [5.74, 6) is 0.523. The Morgan fingerprint density at radius 2 is 1.70 bits per heavy atom. The Hall–Kier alpha value is -2.25. The first-order chi connectivity index (χ1) is 14.5. The lowest BCUT2D eigenvalue weighted by molar-refractivity contribution is -0.387. The molecule has 3 aromatic carbocycles. The van der Waals surface area contributed by atoms with Crippen molar-refractivity contribution < 1.29 is 9.76 Å². The van der Waals surface area contributed by atoms with E-state index in [2.05, 4.69) is 5.16 Å². The van der Waals surface area contributed by atoms with E-state index in [9.17, 15) is 10.1 Å². The Bertz CT molecular complexity index is 1070. The normalized spacial score (nSPS) is 11.0. The average molecular weight is 482 g/mol. The standard InChI is InChI=1S/C21H15Cl3N2O3S/c22-17-5-2-1-4-15(17)13-30-21-9-8-14(10-20(21)26(27)28)11-25-29-12-16-18(23)6-3-7-19(16)24/h1-11H,12-13H2. The van der Waals surface area contributed by atoms with Gasteiger partial charge in [-0.25, -0.2) is 0 Å². The molecule has 0 atom stereocenters. The maximum absolute atomic E-state index is 11.5. The highest BCUT2D eigenvalue weighted by molar-refractivity contribution is 7.98. The van der Waals surface area contributed by atoms with E-state index < -0.39 is 4.92 Å². The van der Waals surface area contributed by atoms with Gasteiger partial charge in [0.25, 0.3) is 5.69 Å². The topological polar surface area (TPSA) is 64.7 Å². The number of thioether (sulfide) groups is 1. The van der Waals surface area contributed by atoms with Crippen LogP contribution in [-0.4, -0.2) is 11.1 Å². The molecule has 0 N–H and O–H groups in total. The molecular formula is C21H15Cl3N2O3S. The van der Waals surface area contributed by atoms with Crippen LogP contribution >= 0.6 is 46.6 Å². The van der Waals surface area contributed by atoms with Crippen LogP contribution in [0.25, 0.3) is 0 Å². The fourth-order valence-corrected chi connectivity index (χ4v) is 4.32. The number of nitrogens with zero attached hydrogens (tertiary/aromatic N) is 2. The number of nitro groups is 1. The van der Waals surface area contributed by atoms with Gasteiger partial charge in [0.2, 0.25) is 0 Å². The fourth-order valence-electron chi connectivity index (χ4n) is 2.52. The third-order valence-electron chi connectivity index (χ3n) is 4.07. The minimum Gasteiger partial charge on any atom is -0.391 e. The van der Waals surface area contributed by atoms with Crippen molar-refractivity contribution in [3.63, 3.8) is 0 Å². The van der Waals surface area contributed by atoms with E-state index in [0.29, 0.717) is 36.8 Å². The zero-order chi connectivity index (χ0) is 21.5. The summed E-state index contributed by atoms with van der Waals surface area (Å²) < 4.78 is 0. The number of hydrogen-bond donors (Lipinski definition) is 0. The Kier molecular flexibility index (Phi) is 7.99. The molecule has 0 saturated heterocycles. The second kappa shape index (κ2) is 10.7. The van der Waals surface area contributed by atoms with Gasteiger partial charge < -0.3 is 4.84 Å². The second-order valence-corrected chi connectivity index (χ2v) is 8.31. The number of oxime groups is 1. The highest BCUT2D eigenvalue weighted by atomic mass is 35.5. The van der Waals surface area contributed by atoms with Gasteiger partial charge in [-0.15, -0.1) is 11.8 Å². The molecule has 0 unspecified atom stereocenters. The van der Waals surface area contributed by atoms with Crippen molar-refractivity contribution in [2.45, 2.75) is 17.3 Å². The molecule has 0 bridgehead atoms. The molecule has 3 aromatic rings. The van der Waals surface area contributed by atoms with Crippen LogP contribution in [-0.2, 0) is 17.2 Å². The van der Waals surface area contributed by atoms with Gasteiger partial charge in [0.15, 0.2) is 0 Å². The van der Waals surface area contributed by atoms with Crippen LogP contribution in [0.15, 0.2) is 70.7 Å². The average Bonchev–Trinajstić information content (AvgIpc) is 2.72. The number of rotatable bonds is 8. The largest absolute Gasteiger partial charge is 0.391 e. The van der Waals surface area contributed by atoms with E-state index in [-0.39, 0.29) is 12.3 Å². The molecule has 0 heterocycles. The van der Waals surface area contributed by atoms with Gasteiger partial charge in [-0.2, -0.15) is 0 Å². The second-order valence-electron chi connectivity index (χ2n) is 6.07. The van der Waals surface area contributed by atoms with Crippen LogP contribution in [0, 0.1) is 10.1 Å². The lowest BCUT2D eigenvalue weighted by Gasteiger charge is -2.06. The number of nitro benzene ring substituents is 1. The van der Waals surface area contributed by atoms with Crippen LogP contribution in [0.3, 0.4) is 0 Å². The van der Waals surface area contributed by atoms with Crippen LogP contribution in [0.2, 0.25) is 15.1 Å². The lowest BCUT2D eigenvalue weighted by Crippen LogP contribution is -1.95. The third kappa shape index (κ3) is 5.89. The summed E-state index contributed by atoms with van der Waals surface area (Å²) in [4.78, 5) is 16.9. The van der Waals surface area contributed by atoms with Crippen molar-refractivity contribution in [1.29, 1.82) is 0 Å². The Labute approximate surface area is 192 Å². The van der Waals surface area contributed by atoms with Crippen LogP contribution in [0.5, 0.6) is 0 Å². The van der Waals surface area contributed by atoms with Gasteiger partial charge in [-0.3, -0.25) is 10.1 Å².